The Morgan fingerprint density at radius 1 is 1.45 bits per heavy atom. The molecule has 0 saturated carbocycles. The normalized spacial score (nSPS) is 22.6. The molecule has 1 saturated heterocycles. The molecule has 0 radical (unpaired) electrons. The molecule has 2 rings (SSSR count). The molecule has 124 valence electrons. The summed E-state index contributed by atoms with van der Waals surface area (Å²) in [6.07, 6.45) is 6.36. The van der Waals surface area contributed by atoms with Crippen molar-refractivity contribution >= 4 is 6.09 Å². The number of carbonyl (C=O) groups is 1. The molecular formula is C16H28N4O2. The lowest BCUT2D eigenvalue weighted by molar-refractivity contribution is 0.0148. The SMILES string of the molecule is C[C@H]1CCN(C(=O)OC(C)(C)C)C[C@H]1NCCn1ccnc1. The van der Waals surface area contributed by atoms with Gasteiger partial charge >= 0.3 is 6.09 Å². The first kappa shape index (κ1) is 16.8. The predicted molar refractivity (Wildman–Crippen MR) is 85.6 cm³/mol. The van der Waals surface area contributed by atoms with Gasteiger partial charge in [0.2, 0.25) is 0 Å². The van der Waals surface area contributed by atoms with Gasteiger partial charge in [0.1, 0.15) is 5.60 Å². The molecule has 22 heavy (non-hydrogen) atoms. The second kappa shape index (κ2) is 7.13. The Morgan fingerprint density at radius 2 is 2.23 bits per heavy atom. The summed E-state index contributed by atoms with van der Waals surface area (Å²) in [5.41, 5.74) is -0.440. The first-order valence-corrected chi connectivity index (χ1v) is 8.02. The van der Waals surface area contributed by atoms with Gasteiger partial charge in [-0.15, -0.1) is 0 Å². The average Bonchev–Trinajstić information content (AvgIpc) is 2.92. The summed E-state index contributed by atoms with van der Waals surface area (Å²) >= 11 is 0. The van der Waals surface area contributed by atoms with Crippen LogP contribution < -0.4 is 5.32 Å². The molecule has 1 aromatic heterocycles. The van der Waals surface area contributed by atoms with Crippen LogP contribution in [0.25, 0.3) is 0 Å². The van der Waals surface area contributed by atoms with Crippen LogP contribution >= 0.6 is 0 Å². The van der Waals surface area contributed by atoms with Gasteiger partial charge in [-0.05, 0) is 33.1 Å². The molecule has 1 aliphatic heterocycles. The van der Waals surface area contributed by atoms with Crippen molar-refractivity contribution in [3.05, 3.63) is 18.7 Å². The van der Waals surface area contributed by atoms with Gasteiger partial charge in [0, 0.05) is 44.6 Å². The topological polar surface area (TPSA) is 59.4 Å². The standard InChI is InChI=1S/C16H28N4O2/c1-13-5-8-20(15(21)22-16(2,3)4)11-14(13)18-7-10-19-9-6-17-12-19/h6,9,12-14,18H,5,7-8,10-11H2,1-4H3/t13-,14+/m0/s1. The highest BCUT2D eigenvalue weighted by molar-refractivity contribution is 5.68. The Hall–Kier alpha value is -1.56. The Balaban J connectivity index is 1.81. The number of likely N-dealkylation sites (tertiary alicyclic amines) is 1. The van der Waals surface area contributed by atoms with Crippen LogP contribution in [0.15, 0.2) is 18.7 Å². The summed E-state index contributed by atoms with van der Waals surface area (Å²) in [6, 6.07) is 0.310. The lowest BCUT2D eigenvalue weighted by atomic mass is 9.93. The van der Waals surface area contributed by atoms with Crippen molar-refractivity contribution in [1.29, 1.82) is 0 Å². The van der Waals surface area contributed by atoms with Crippen LogP contribution in [-0.2, 0) is 11.3 Å². The number of aromatic nitrogens is 2. The zero-order valence-electron chi connectivity index (χ0n) is 14.1. The fourth-order valence-corrected chi connectivity index (χ4v) is 2.63. The molecule has 1 amide bonds. The summed E-state index contributed by atoms with van der Waals surface area (Å²) in [5.74, 6) is 0.557. The van der Waals surface area contributed by atoms with E-state index >= 15 is 0 Å². The van der Waals surface area contributed by atoms with Gasteiger partial charge in [0.05, 0.1) is 6.33 Å². The number of hydrogen-bond acceptors (Lipinski definition) is 4. The van der Waals surface area contributed by atoms with Crippen LogP contribution in [0.5, 0.6) is 0 Å². The number of rotatable bonds is 4. The van der Waals surface area contributed by atoms with Gasteiger partial charge in [0.15, 0.2) is 0 Å². The number of hydrogen-bond donors (Lipinski definition) is 1. The lowest BCUT2D eigenvalue weighted by Crippen LogP contribution is -2.53. The summed E-state index contributed by atoms with van der Waals surface area (Å²) in [5, 5.41) is 3.56. The average molecular weight is 308 g/mol. The highest BCUT2D eigenvalue weighted by Crippen LogP contribution is 2.19. The van der Waals surface area contributed by atoms with E-state index in [1.807, 2.05) is 42.8 Å². The minimum atomic E-state index is -0.440. The van der Waals surface area contributed by atoms with Crippen molar-refractivity contribution < 1.29 is 9.53 Å². The smallest absolute Gasteiger partial charge is 0.410 e. The zero-order valence-corrected chi connectivity index (χ0v) is 14.1. The molecule has 6 nitrogen and oxygen atoms in total. The van der Waals surface area contributed by atoms with Crippen LogP contribution in [0.1, 0.15) is 34.1 Å². The number of ether oxygens (including phenoxy) is 1. The lowest BCUT2D eigenvalue weighted by Gasteiger charge is -2.38. The quantitative estimate of drug-likeness (QED) is 0.925. The molecule has 6 heteroatoms. The van der Waals surface area contributed by atoms with E-state index in [1.54, 1.807) is 6.20 Å². The predicted octanol–water partition coefficient (Wildman–Crippen LogP) is 2.12. The van der Waals surface area contributed by atoms with E-state index in [1.165, 1.54) is 0 Å². The number of piperidine rings is 1. The Kier molecular flexibility index (Phi) is 5.45. The second-order valence-electron chi connectivity index (χ2n) is 7.05. The molecule has 0 spiro atoms. The van der Waals surface area contributed by atoms with Crippen molar-refractivity contribution in [2.75, 3.05) is 19.6 Å². The van der Waals surface area contributed by atoms with Crippen molar-refractivity contribution in [1.82, 2.24) is 19.8 Å². The van der Waals surface area contributed by atoms with E-state index in [2.05, 4.69) is 17.2 Å². The first-order valence-electron chi connectivity index (χ1n) is 8.02. The van der Waals surface area contributed by atoms with Crippen molar-refractivity contribution in [2.45, 2.75) is 52.3 Å². The molecule has 0 unspecified atom stereocenters. The maximum absolute atomic E-state index is 12.2. The zero-order chi connectivity index (χ0) is 16.2. The van der Waals surface area contributed by atoms with Gasteiger partial charge < -0.3 is 19.5 Å². The third-order valence-electron chi connectivity index (χ3n) is 3.95. The van der Waals surface area contributed by atoms with E-state index in [4.69, 9.17) is 4.74 Å². The minimum Gasteiger partial charge on any atom is -0.444 e. The molecule has 1 fully saturated rings. The summed E-state index contributed by atoms with van der Waals surface area (Å²) in [6.45, 7) is 11.2. The first-order chi connectivity index (χ1) is 10.3. The van der Waals surface area contributed by atoms with E-state index in [-0.39, 0.29) is 6.09 Å². The van der Waals surface area contributed by atoms with E-state index in [0.29, 0.717) is 18.5 Å². The Morgan fingerprint density at radius 3 is 2.86 bits per heavy atom. The molecule has 2 atom stereocenters. The highest BCUT2D eigenvalue weighted by Gasteiger charge is 2.30. The largest absolute Gasteiger partial charge is 0.444 e. The minimum absolute atomic E-state index is 0.208. The third-order valence-corrected chi connectivity index (χ3v) is 3.95. The number of nitrogens with one attached hydrogen (secondary N) is 1. The monoisotopic (exact) mass is 308 g/mol. The molecule has 1 aliphatic rings. The molecule has 1 N–H and O–H groups in total. The number of imidazole rings is 1. The van der Waals surface area contributed by atoms with Crippen LogP contribution in [0, 0.1) is 5.92 Å². The maximum Gasteiger partial charge on any atom is 0.410 e. The summed E-state index contributed by atoms with van der Waals surface area (Å²) in [7, 11) is 0. The fourth-order valence-electron chi connectivity index (χ4n) is 2.63. The van der Waals surface area contributed by atoms with Crippen molar-refractivity contribution in [2.24, 2.45) is 5.92 Å². The van der Waals surface area contributed by atoms with Gasteiger partial charge in [-0.3, -0.25) is 0 Å². The molecule has 1 aromatic rings. The summed E-state index contributed by atoms with van der Waals surface area (Å²) in [4.78, 5) is 18.0. The number of carbonyl (C=O) groups excluding carboxylic acids is 1. The summed E-state index contributed by atoms with van der Waals surface area (Å²) < 4.78 is 7.52. The van der Waals surface area contributed by atoms with Crippen LogP contribution in [0.2, 0.25) is 0 Å². The molecule has 0 aliphatic carbocycles. The van der Waals surface area contributed by atoms with E-state index in [0.717, 1.165) is 26.1 Å². The Labute approximate surface area is 132 Å². The molecule has 0 aromatic carbocycles. The Bertz CT molecular complexity index is 467. The maximum atomic E-state index is 12.2. The second-order valence-corrected chi connectivity index (χ2v) is 7.05. The van der Waals surface area contributed by atoms with Crippen LogP contribution in [0.4, 0.5) is 4.79 Å². The fraction of sp³-hybridized carbons (Fsp3) is 0.750. The highest BCUT2D eigenvalue weighted by atomic mass is 16.6. The molecule has 2 heterocycles. The van der Waals surface area contributed by atoms with Gasteiger partial charge in [-0.2, -0.15) is 0 Å². The van der Waals surface area contributed by atoms with Crippen molar-refractivity contribution in [3.8, 4) is 0 Å². The van der Waals surface area contributed by atoms with Crippen LogP contribution in [0.3, 0.4) is 0 Å². The number of amides is 1. The van der Waals surface area contributed by atoms with E-state index < -0.39 is 5.60 Å². The van der Waals surface area contributed by atoms with Crippen LogP contribution in [-0.4, -0.2) is 51.8 Å². The number of nitrogens with zero attached hydrogens (tertiary/aromatic N) is 3. The van der Waals surface area contributed by atoms with Gasteiger partial charge in [0.25, 0.3) is 0 Å². The van der Waals surface area contributed by atoms with Gasteiger partial charge in [-0.1, -0.05) is 6.92 Å². The van der Waals surface area contributed by atoms with E-state index in [9.17, 15) is 4.79 Å². The van der Waals surface area contributed by atoms with Gasteiger partial charge in [-0.25, -0.2) is 9.78 Å². The molecular weight excluding hydrogens is 280 g/mol. The van der Waals surface area contributed by atoms with Crippen molar-refractivity contribution in [3.63, 3.8) is 0 Å². The molecule has 0 bridgehead atoms. The third kappa shape index (κ3) is 5.02.